The Balaban J connectivity index is 2.21. The molecule has 2 N–H and O–H groups in total. The predicted molar refractivity (Wildman–Crippen MR) is 73.7 cm³/mol. The zero-order valence-corrected chi connectivity index (χ0v) is 11.2. The summed E-state index contributed by atoms with van der Waals surface area (Å²) < 4.78 is 0. The molecule has 1 atom stereocenters. The average Bonchev–Trinajstić information content (AvgIpc) is 2.84. The van der Waals surface area contributed by atoms with Crippen LogP contribution in [0.2, 0.25) is 5.02 Å². The second kappa shape index (κ2) is 5.19. The minimum Gasteiger partial charge on any atom is -0.397 e. The maximum absolute atomic E-state index is 12.3. The van der Waals surface area contributed by atoms with E-state index in [0.29, 0.717) is 22.3 Å². The molecule has 1 aliphatic rings. The molecule has 1 aliphatic heterocycles. The summed E-state index contributed by atoms with van der Waals surface area (Å²) in [6.07, 6.45) is 1.05. The Morgan fingerprint density at radius 3 is 3.00 bits per heavy atom. The number of para-hydroxylation sites is 1. The number of anilines is 1. The number of hydrogen-bond acceptors (Lipinski definition) is 3. The minimum atomic E-state index is -0.0440. The lowest BCUT2D eigenvalue weighted by Gasteiger charge is -2.24. The zero-order valence-electron chi connectivity index (χ0n) is 9.65. The van der Waals surface area contributed by atoms with Gasteiger partial charge in [-0.2, -0.15) is 11.8 Å². The lowest BCUT2D eigenvalue weighted by molar-refractivity contribution is 0.0749. The van der Waals surface area contributed by atoms with E-state index in [9.17, 15) is 4.79 Å². The molecular formula is C12H15ClN2OS. The van der Waals surface area contributed by atoms with Crippen LogP contribution in [0.5, 0.6) is 0 Å². The average molecular weight is 271 g/mol. The molecule has 0 saturated carbocycles. The summed E-state index contributed by atoms with van der Waals surface area (Å²) in [6, 6.07) is 5.48. The summed E-state index contributed by atoms with van der Waals surface area (Å²) in [5.74, 6) is 2.08. The fraction of sp³-hybridized carbons (Fsp3) is 0.417. The van der Waals surface area contributed by atoms with Gasteiger partial charge in [0.2, 0.25) is 0 Å². The van der Waals surface area contributed by atoms with Crippen molar-refractivity contribution in [1.29, 1.82) is 0 Å². The second-order valence-corrected chi connectivity index (χ2v) is 5.69. The van der Waals surface area contributed by atoms with E-state index < -0.39 is 0 Å². The Morgan fingerprint density at radius 1 is 1.59 bits per heavy atom. The van der Waals surface area contributed by atoms with Crippen molar-refractivity contribution in [3.63, 3.8) is 0 Å². The molecule has 0 bridgehead atoms. The van der Waals surface area contributed by atoms with Crippen LogP contribution < -0.4 is 5.73 Å². The van der Waals surface area contributed by atoms with Crippen molar-refractivity contribution in [2.75, 3.05) is 24.3 Å². The summed E-state index contributed by atoms with van der Waals surface area (Å²) >= 11 is 7.80. The van der Waals surface area contributed by atoms with Crippen LogP contribution in [0.15, 0.2) is 18.2 Å². The number of halogens is 1. The number of nitrogens with zero attached hydrogens (tertiary/aromatic N) is 1. The van der Waals surface area contributed by atoms with Gasteiger partial charge in [-0.15, -0.1) is 0 Å². The molecule has 0 spiro atoms. The summed E-state index contributed by atoms with van der Waals surface area (Å²) in [5, 5.41) is 0.435. The first-order chi connectivity index (χ1) is 8.11. The maximum atomic E-state index is 12.3. The zero-order chi connectivity index (χ0) is 12.4. The first kappa shape index (κ1) is 12.6. The molecule has 0 aliphatic carbocycles. The molecule has 0 radical (unpaired) electrons. The maximum Gasteiger partial charge on any atom is 0.256 e. The quantitative estimate of drug-likeness (QED) is 0.840. The van der Waals surface area contributed by atoms with Gasteiger partial charge in [0.25, 0.3) is 5.91 Å². The Morgan fingerprint density at radius 2 is 2.35 bits per heavy atom. The predicted octanol–water partition coefficient (Wildman–Crippen LogP) is 2.50. The summed E-state index contributed by atoms with van der Waals surface area (Å²) in [6.45, 7) is 0. The van der Waals surface area contributed by atoms with Crippen LogP contribution in [-0.2, 0) is 0 Å². The van der Waals surface area contributed by atoms with Crippen molar-refractivity contribution in [3.05, 3.63) is 28.8 Å². The SMILES string of the molecule is CN(C(=O)c1cccc(Cl)c1N)C1CCSC1. The lowest BCUT2D eigenvalue weighted by Crippen LogP contribution is -2.37. The Bertz CT molecular complexity index is 433. The van der Waals surface area contributed by atoms with Crippen LogP contribution in [-0.4, -0.2) is 35.4 Å². The van der Waals surface area contributed by atoms with E-state index in [4.69, 9.17) is 17.3 Å². The fourth-order valence-electron chi connectivity index (χ4n) is 1.91. The topological polar surface area (TPSA) is 46.3 Å². The van der Waals surface area contributed by atoms with Crippen LogP contribution >= 0.6 is 23.4 Å². The van der Waals surface area contributed by atoms with Crippen molar-refractivity contribution in [2.24, 2.45) is 0 Å². The van der Waals surface area contributed by atoms with Gasteiger partial charge >= 0.3 is 0 Å². The number of thioether (sulfide) groups is 1. The van der Waals surface area contributed by atoms with E-state index in [2.05, 4.69) is 0 Å². The summed E-state index contributed by atoms with van der Waals surface area (Å²) in [5.41, 5.74) is 6.70. The van der Waals surface area contributed by atoms with Gasteiger partial charge in [0.1, 0.15) is 0 Å². The van der Waals surface area contributed by atoms with Crippen LogP contribution in [0.3, 0.4) is 0 Å². The van der Waals surface area contributed by atoms with E-state index >= 15 is 0 Å². The first-order valence-corrected chi connectivity index (χ1v) is 7.03. The van der Waals surface area contributed by atoms with E-state index in [1.165, 1.54) is 0 Å². The molecule has 1 aromatic carbocycles. The number of benzene rings is 1. The number of nitrogens with two attached hydrogens (primary N) is 1. The van der Waals surface area contributed by atoms with Gasteiger partial charge in [-0.05, 0) is 24.3 Å². The van der Waals surface area contributed by atoms with E-state index in [0.717, 1.165) is 17.9 Å². The number of carbonyl (C=O) groups is 1. The largest absolute Gasteiger partial charge is 0.397 e. The van der Waals surface area contributed by atoms with Crippen LogP contribution in [0.4, 0.5) is 5.69 Å². The number of rotatable bonds is 2. The van der Waals surface area contributed by atoms with Crippen molar-refractivity contribution in [3.8, 4) is 0 Å². The second-order valence-electron chi connectivity index (χ2n) is 4.13. The third-order valence-corrected chi connectivity index (χ3v) is 4.53. The van der Waals surface area contributed by atoms with Crippen LogP contribution in [0, 0.1) is 0 Å². The molecule has 1 amide bonds. The highest BCUT2D eigenvalue weighted by Gasteiger charge is 2.25. The fourth-order valence-corrected chi connectivity index (χ4v) is 3.35. The van der Waals surface area contributed by atoms with Gasteiger partial charge in [0.05, 0.1) is 16.3 Å². The third kappa shape index (κ3) is 2.53. The van der Waals surface area contributed by atoms with Gasteiger partial charge in [-0.25, -0.2) is 0 Å². The van der Waals surface area contributed by atoms with Crippen molar-refractivity contribution >= 4 is 35.0 Å². The highest BCUT2D eigenvalue weighted by atomic mass is 35.5. The molecule has 0 aromatic heterocycles. The lowest BCUT2D eigenvalue weighted by atomic mass is 10.1. The van der Waals surface area contributed by atoms with Gasteiger partial charge < -0.3 is 10.6 Å². The van der Waals surface area contributed by atoms with Crippen molar-refractivity contribution < 1.29 is 4.79 Å². The van der Waals surface area contributed by atoms with Gasteiger partial charge in [-0.1, -0.05) is 17.7 Å². The third-order valence-electron chi connectivity index (χ3n) is 3.06. The molecular weight excluding hydrogens is 256 g/mol. The molecule has 92 valence electrons. The van der Waals surface area contributed by atoms with E-state index in [1.54, 1.807) is 23.1 Å². The number of nitrogen functional groups attached to an aromatic ring is 1. The molecule has 17 heavy (non-hydrogen) atoms. The Kier molecular flexibility index (Phi) is 3.84. The van der Waals surface area contributed by atoms with Gasteiger partial charge in [-0.3, -0.25) is 4.79 Å². The molecule has 1 unspecified atom stereocenters. The Hall–Kier alpha value is -0.870. The highest BCUT2D eigenvalue weighted by Crippen LogP contribution is 2.26. The molecule has 1 aromatic rings. The molecule has 1 saturated heterocycles. The number of carbonyl (C=O) groups excluding carboxylic acids is 1. The molecule has 1 fully saturated rings. The van der Waals surface area contributed by atoms with Gasteiger partial charge in [0.15, 0.2) is 0 Å². The van der Waals surface area contributed by atoms with Crippen LogP contribution in [0.25, 0.3) is 0 Å². The summed E-state index contributed by atoms with van der Waals surface area (Å²) in [4.78, 5) is 14.1. The smallest absolute Gasteiger partial charge is 0.256 e. The van der Waals surface area contributed by atoms with Crippen molar-refractivity contribution in [2.45, 2.75) is 12.5 Å². The molecule has 3 nitrogen and oxygen atoms in total. The summed E-state index contributed by atoms with van der Waals surface area (Å²) in [7, 11) is 1.83. The van der Waals surface area contributed by atoms with Crippen LogP contribution in [0.1, 0.15) is 16.8 Å². The Labute approximate surface area is 110 Å². The van der Waals surface area contributed by atoms with E-state index in [-0.39, 0.29) is 5.91 Å². The minimum absolute atomic E-state index is 0.0440. The van der Waals surface area contributed by atoms with Crippen molar-refractivity contribution in [1.82, 2.24) is 4.90 Å². The number of amides is 1. The first-order valence-electron chi connectivity index (χ1n) is 5.50. The van der Waals surface area contributed by atoms with E-state index in [1.807, 2.05) is 18.8 Å². The molecule has 2 rings (SSSR count). The standard InChI is InChI=1S/C12H15ClN2OS/c1-15(8-5-6-17-7-8)12(16)9-3-2-4-10(13)11(9)14/h2-4,8H,5-7,14H2,1H3. The highest BCUT2D eigenvalue weighted by molar-refractivity contribution is 7.99. The van der Waals surface area contributed by atoms with Gasteiger partial charge in [0, 0.05) is 18.8 Å². The normalized spacial score (nSPS) is 19.3. The molecule has 5 heteroatoms. The monoisotopic (exact) mass is 270 g/mol. The number of hydrogen-bond donors (Lipinski definition) is 1. The molecule has 1 heterocycles.